The summed E-state index contributed by atoms with van der Waals surface area (Å²) in [5.74, 6) is 0. The van der Waals surface area contributed by atoms with Gasteiger partial charge in [0.1, 0.15) is 5.66 Å². The summed E-state index contributed by atoms with van der Waals surface area (Å²) in [5.41, 5.74) is 14.2. The summed E-state index contributed by atoms with van der Waals surface area (Å²) in [5, 5.41) is 10.1. The topological polar surface area (TPSA) is 106 Å². The second-order valence-corrected chi connectivity index (χ2v) is 4.36. The largest absolute Gasteiger partial charge is 0.398 e. The highest BCUT2D eigenvalue weighted by Gasteiger charge is 2.29. The standard InChI is InChI=1S/C13H14N6/c14-9-4-5-13(15,17-7-9)10-8-18-19-12(10)11-3-1-2-6-16-11/h1-8,17H,14-15H2,(H,18,19). The molecule has 0 amide bonds. The molecule has 6 heteroatoms. The number of rotatable bonds is 2. The molecule has 0 bridgehead atoms. The van der Waals surface area contributed by atoms with Crippen molar-refractivity contribution in [2.75, 3.05) is 0 Å². The van der Waals surface area contributed by atoms with E-state index in [0.29, 0.717) is 5.70 Å². The van der Waals surface area contributed by atoms with E-state index in [4.69, 9.17) is 11.5 Å². The van der Waals surface area contributed by atoms with Gasteiger partial charge in [-0.2, -0.15) is 5.10 Å². The first kappa shape index (κ1) is 11.5. The summed E-state index contributed by atoms with van der Waals surface area (Å²) in [7, 11) is 0. The number of aromatic amines is 1. The Labute approximate surface area is 110 Å². The van der Waals surface area contributed by atoms with Crippen LogP contribution in [0.2, 0.25) is 0 Å². The molecule has 0 spiro atoms. The lowest BCUT2D eigenvalue weighted by Crippen LogP contribution is -2.48. The van der Waals surface area contributed by atoms with Gasteiger partial charge in [0.25, 0.3) is 0 Å². The molecule has 0 saturated heterocycles. The molecule has 0 saturated carbocycles. The monoisotopic (exact) mass is 254 g/mol. The fourth-order valence-electron chi connectivity index (χ4n) is 2.00. The van der Waals surface area contributed by atoms with Gasteiger partial charge in [0.05, 0.1) is 17.6 Å². The van der Waals surface area contributed by atoms with E-state index in [1.807, 2.05) is 18.2 Å². The van der Waals surface area contributed by atoms with Crippen molar-refractivity contribution in [3.63, 3.8) is 0 Å². The first-order valence-electron chi connectivity index (χ1n) is 5.86. The molecule has 0 fully saturated rings. The summed E-state index contributed by atoms with van der Waals surface area (Å²) in [6.45, 7) is 0. The predicted molar refractivity (Wildman–Crippen MR) is 72.2 cm³/mol. The minimum Gasteiger partial charge on any atom is -0.398 e. The quantitative estimate of drug-likeness (QED) is 0.626. The Hall–Kier alpha value is -2.60. The van der Waals surface area contributed by atoms with Gasteiger partial charge in [0, 0.05) is 23.7 Å². The smallest absolute Gasteiger partial charge is 0.135 e. The zero-order chi connectivity index (χ0) is 13.3. The first-order valence-corrected chi connectivity index (χ1v) is 5.86. The Balaban J connectivity index is 2.04. The normalized spacial score (nSPS) is 21.8. The maximum absolute atomic E-state index is 6.34. The van der Waals surface area contributed by atoms with E-state index >= 15 is 0 Å². The van der Waals surface area contributed by atoms with E-state index in [1.54, 1.807) is 30.7 Å². The van der Waals surface area contributed by atoms with Crippen molar-refractivity contribution in [1.82, 2.24) is 20.5 Å². The van der Waals surface area contributed by atoms with Gasteiger partial charge in [-0.05, 0) is 24.3 Å². The lowest BCUT2D eigenvalue weighted by molar-refractivity contribution is 0.492. The Morgan fingerprint density at radius 1 is 1.26 bits per heavy atom. The molecule has 0 aliphatic carbocycles. The van der Waals surface area contributed by atoms with Crippen LogP contribution < -0.4 is 16.8 Å². The molecular formula is C13H14N6. The average Bonchev–Trinajstić information content (AvgIpc) is 2.93. The molecule has 1 atom stereocenters. The van der Waals surface area contributed by atoms with Crippen LogP contribution in [0.5, 0.6) is 0 Å². The summed E-state index contributed by atoms with van der Waals surface area (Å²) in [4.78, 5) is 4.30. The number of pyridine rings is 1. The molecule has 6 N–H and O–H groups in total. The lowest BCUT2D eigenvalue weighted by atomic mass is 9.97. The third-order valence-electron chi connectivity index (χ3n) is 3.02. The van der Waals surface area contributed by atoms with Gasteiger partial charge in [-0.1, -0.05) is 6.07 Å². The number of hydrogen-bond donors (Lipinski definition) is 4. The van der Waals surface area contributed by atoms with Crippen LogP contribution in [-0.2, 0) is 5.66 Å². The zero-order valence-corrected chi connectivity index (χ0v) is 10.2. The number of dihydropyridines is 1. The number of aromatic nitrogens is 3. The highest BCUT2D eigenvalue weighted by Crippen LogP contribution is 2.28. The fraction of sp³-hybridized carbons (Fsp3) is 0.0769. The van der Waals surface area contributed by atoms with Crippen LogP contribution in [0.1, 0.15) is 5.56 Å². The van der Waals surface area contributed by atoms with Crippen molar-refractivity contribution < 1.29 is 0 Å². The first-order chi connectivity index (χ1) is 9.19. The highest BCUT2D eigenvalue weighted by atomic mass is 15.2. The van der Waals surface area contributed by atoms with E-state index in [1.165, 1.54) is 0 Å². The maximum atomic E-state index is 6.34. The SMILES string of the molecule is NC1=CNC(N)(c2cn[nH]c2-c2ccccn2)C=C1. The number of nitrogens with zero attached hydrogens (tertiary/aromatic N) is 2. The molecule has 3 rings (SSSR count). The molecule has 0 aromatic carbocycles. The number of nitrogens with two attached hydrogens (primary N) is 2. The van der Waals surface area contributed by atoms with Gasteiger partial charge in [0.15, 0.2) is 0 Å². The van der Waals surface area contributed by atoms with Crippen LogP contribution in [-0.4, -0.2) is 15.2 Å². The molecule has 3 heterocycles. The van der Waals surface area contributed by atoms with Gasteiger partial charge in [-0.3, -0.25) is 10.1 Å². The molecule has 2 aromatic heterocycles. The molecular weight excluding hydrogens is 240 g/mol. The minimum atomic E-state index is -0.845. The van der Waals surface area contributed by atoms with Crippen LogP contribution in [0, 0.1) is 0 Å². The lowest BCUT2D eigenvalue weighted by Gasteiger charge is -2.29. The molecule has 1 unspecified atom stereocenters. The van der Waals surface area contributed by atoms with E-state index in [2.05, 4.69) is 20.5 Å². The average molecular weight is 254 g/mol. The number of H-pyrrole nitrogens is 1. The van der Waals surface area contributed by atoms with Gasteiger partial charge < -0.3 is 16.8 Å². The van der Waals surface area contributed by atoms with Crippen molar-refractivity contribution in [2.24, 2.45) is 11.5 Å². The van der Waals surface area contributed by atoms with Gasteiger partial charge in [0.2, 0.25) is 0 Å². The second kappa shape index (κ2) is 4.25. The third-order valence-corrected chi connectivity index (χ3v) is 3.02. The number of allylic oxidation sites excluding steroid dienone is 1. The molecule has 0 radical (unpaired) electrons. The summed E-state index contributed by atoms with van der Waals surface area (Å²) < 4.78 is 0. The molecule has 2 aromatic rings. The van der Waals surface area contributed by atoms with Gasteiger partial charge >= 0.3 is 0 Å². The van der Waals surface area contributed by atoms with Crippen LogP contribution in [0.3, 0.4) is 0 Å². The highest BCUT2D eigenvalue weighted by molar-refractivity contribution is 5.61. The molecule has 1 aliphatic heterocycles. The summed E-state index contributed by atoms with van der Waals surface area (Å²) in [6, 6.07) is 5.68. The van der Waals surface area contributed by atoms with Crippen LogP contribution >= 0.6 is 0 Å². The Kier molecular flexibility index (Phi) is 2.57. The zero-order valence-electron chi connectivity index (χ0n) is 10.2. The van der Waals surface area contributed by atoms with Crippen LogP contribution in [0.25, 0.3) is 11.4 Å². The van der Waals surface area contributed by atoms with E-state index in [-0.39, 0.29) is 0 Å². The van der Waals surface area contributed by atoms with Crippen molar-refractivity contribution in [3.8, 4) is 11.4 Å². The van der Waals surface area contributed by atoms with Crippen molar-refractivity contribution in [2.45, 2.75) is 5.66 Å². The van der Waals surface area contributed by atoms with Gasteiger partial charge in [-0.25, -0.2) is 0 Å². The fourth-order valence-corrected chi connectivity index (χ4v) is 2.00. The van der Waals surface area contributed by atoms with Crippen LogP contribution in [0.15, 0.2) is 54.6 Å². The van der Waals surface area contributed by atoms with E-state index in [9.17, 15) is 0 Å². The number of nitrogens with one attached hydrogen (secondary N) is 2. The van der Waals surface area contributed by atoms with Crippen molar-refractivity contribution >= 4 is 0 Å². The summed E-state index contributed by atoms with van der Waals surface area (Å²) >= 11 is 0. The van der Waals surface area contributed by atoms with E-state index in [0.717, 1.165) is 17.0 Å². The van der Waals surface area contributed by atoms with Gasteiger partial charge in [-0.15, -0.1) is 0 Å². The van der Waals surface area contributed by atoms with Crippen molar-refractivity contribution in [3.05, 3.63) is 60.2 Å². The minimum absolute atomic E-state index is 0.629. The Morgan fingerprint density at radius 2 is 2.16 bits per heavy atom. The molecule has 1 aliphatic rings. The summed E-state index contributed by atoms with van der Waals surface area (Å²) in [6.07, 6.45) is 8.67. The Morgan fingerprint density at radius 3 is 2.84 bits per heavy atom. The third kappa shape index (κ3) is 1.98. The maximum Gasteiger partial charge on any atom is 0.135 e. The molecule has 96 valence electrons. The van der Waals surface area contributed by atoms with Crippen LogP contribution in [0.4, 0.5) is 0 Å². The molecule has 6 nitrogen and oxygen atoms in total. The number of hydrogen-bond acceptors (Lipinski definition) is 5. The van der Waals surface area contributed by atoms with Crippen molar-refractivity contribution in [1.29, 1.82) is 0 Å². The second-order valence-electron chi connectivity index (χ2n) is 4.36. The molecule has 19 heavy (non-hydrogen) atoms. The Bertz CT molecular complexity index is 642. The van der Waals surface area contributed by atoms with E-state index < -0.39 is 5.66 Å². The predicted octanol–water partition coefficient (Wildman–Crippen LogP) is 0.543.